The van der Waals surface area contributed by atoms with Gasteiger partial charge in [-0.05, 0) is 42.0 Å². The Morgan fingerprint density at radius 2 is 1.93 bits per heavy atom. The minimum atomic E-state index is -0.276. The van der Waals surface area contributed by atoms with Crippen LogP contribution in [0.3, 0.4) is 0 Å². The molecule has 2 aromatic carbocycles. The van der Waals surface area contributed by atoms with Gasteiger partial charge in [-0.25, -0.2) is 4.39 Å². The summed E-state index contributed by atoms with van der Waals surface area (Å²) in [6.45, 7) is 2.07. The van der Waals surface area contributed by atoms with Gasteiger partial charge in [-0.3, -0.25) is 9.36 Å². The van der Waals surface area contributed by atoms with Crippen LogP contribution >= 0.6 is 11.8 Å². The van der Waals surface area contributed by atoms with Crippen molar-refractivity contribution in [3.8, 4) is 11.5 Å². The van der Waals surface area contributed by atoms with Crippen molar-refractivity contribution in [3.63, 3.8) is 0 Å². The molecule has 154 valence electrons. The number of fused-ring (bicyclic) bond motifs is 2. The molecule has 3 aromatic rings. The molecule has 0 saturated carbocycles. The van der Waals surface area contributed by atoms with E-state index in [2.05, 4.69) is 15.5 Å². The molecular weight excluding hydrogens is 409 g/mol. The molecule has 1 amide bonds. The normalized spacial score (nSPS) is 14.1. The molecule has 0 aliphatic carbocycles. The Balaban J connectivity index is 1.17. The van der Waals surface area contributed by atoms with Gasteiger partial charge in [0.1, 0.15) is 5.82 Å². The van der Waals surface area contributed by atoms with Crippen LogP contribution in [0.15, 0.2) is 47.6 Å². The lowest BCUT2D eigenvalue weighted by molar-refractivity contribution is -0.118. The number of carbonyl (C=O) groups is 1. The van der Waals surface area contributed by atoms with Gasteiger partial charge in [0, 0.05) is 25.3 Å². The van der Waals surface area contributed by atoms with Gasteiger partial charge in [0.2, 0.25) is 18.6 Å². The first-order chi connectivity index (χ1) is 14.7. The predicted molar refractivity (Wildman–Crippen MR) is 109 cm³/mol. The largest absolute Gasteiger partial charge is 0.454 e. The lowest BCUT2D eigenvalue weighted by atomic mass is 10.2. The molecular formula is C20H18FN5O3S. The van der Waals surface area contributed by atoms with Crippen molar-refractivity contribution < 1.29 is 18.7 Å². The second-order valence-corrected chi connectivity index (χ2v) is 7.76. The van der Waals surface area contributed by atoms with Gasteiger partial charge < -0.3 is 19.7 Å². The first-order valence-corrected chi connectivity index (χ1v) is 10.4. The van der Waals surface area contributed by atoms with E-state index >= 15 is 0 Å². The number of rotatable bonds is 6. The van der Waals surface area contributed by atoms with Gasteiger partial charge in [0.05, 0.1) is 5.75 Å². The van der Waals surface area contributed by atoms with Crippen LogP contribution in [0.4, 0.5) is 16.0 Å². The molecule has 30 heavy (non-hydrogen) atoms. The van der Waals surface area contributed by atoms with E-state index in [9.17, 15) is 9.18 Å². The Kier molecular flexibility index (Phi) is 4.91. The summed E-state index contributed by atoms with van der Waals surface area (Å²) in [4.78, 5) is 14.3. The third-order valence-electron chi connectivity index (χ3n) is 4.88. The van der Waals surface area contributed by atoms with Gasteiger partial charge in [-0.15, -0.1) is 10.2 Å². The van der Waals surface area contributed by atoms with E-state index in [-0.39, 0.29) is 24.3 Å². The Labute approximate surface area is 176 Å². The molecule has 0 radical (unpaired) electrons. The summed E-state index contributed by atoms with van der Waals surface area (Å²) in [5.74, 6) is 1.98. The lowest BCUT2D eigenvalue weighted by Gasteiger charge is -2.14. The average Bonchev–Trinajstić information content (AvgIpc) is 3.47. The molecule has 1 N–H and O–H groups in total. The Hall–Kier alpha value is -3.27. The van der Waals surface area contributed by atoms with Crippen molar-refractivity contribution in [1.29, 1.82) is 0 Å². The maximum absolute atomic E-state index is 13.2. The van der Waals surface area contributed by atoms with E-state index in [1.165, 1.54) is 23.9 Å². The van der Waals surface area contributed by atoms with Gasteiger partial charge in [0.25, 0.3) is 0 Å². The van der Waals surface area contributed by atoms with E-state index in [4.69, 9.17) is 9.47 Å². The molecule has 3 heterocycles. The molecule has 1 aromatic heterocycles. The Bertz CT molecular complexity index is 1090. The maximum atomic E-state index is 13.2. The first kappa shape index (κ1) is 18.7. The van der Waals surface area contributed by atoms with Gasteiger partial charge >= 0.3 is 0 Å². The molecule has 8 nitrogen and oxygen atoms in total. The van der Waals surface area contributed by atoms with E-state index in [1.807, 2.05) is 27.7 Å². The van der Waals surface area contributed by atoms with Crippen molar-refractivity contribution in [3.05, 3.63) is 53.8 Å². The lowest BCUT2D eigenvalue weighted by Crippen LogP contribution is -2.24. The van der Waals surface area contributed by atoms with E-state index < -0.39 is 0 Å². The zero-order valence-corrected chi connectivity index (χ0v) is 16.7. The molecule has 0 fully saturated rings. The van der Waals surface area contributed by atoms with Crippen LogP contribution in [0.2, 0.25) is 0 Å². The summed E-state index contributed by atoms with van der Waals surface area (Å²) in [7, 11) is 0. The van der Waals surface area contributed by atoms with Crippen molar-refractivity contribution >= 4 is 29.3 Å². The number of benzene rings is 2. The summed E-state index contributed by atoms with van der Waals surface area (Å²) in [6.07, 6.45) is 0. The summed E-state index contributed by atoms with van der Waals surface area (Å²) in [5, 5.41) is 12.0. The highest BCUT2D eigenvalue weighted by molar-refractivity contribution is 7.99. The fourth-order valence-corrected chi connectivity index (χ4v) is 4.17. The summed E-state index contributed by atoms with van der Waals surface area (Å²) in [5.41, 5.74) is 1.80. The standard InChI is InChI=1S/C20H18FN5O3S/c21-14-2-4-15(5-3-14)25-7-8-26-19(25)23-24-20(26)30-11-18(27)22-10-13-1-6-16-17(9-13)29-12-28-16/h1-6,9H,7-8,10-12H2,(H,22,27). The number of aromatic nitrogens is 3. The number of carbonyl (C=O) groups excluding carboxylic acids is 1. The van der Waals surface area contributed by atoms with Crippen LogP contribution in [-0.4, -0.2) is 39.8 Å². The van der Waals surface area contributed by atoms with E-state index in [0.29, 0.717) is 29.9 Å². The molecule has 0 bridgehead atoms. The van der Waals surface area contributed by atoms with Crippen LogP contribution in [-0.2, 0) is 17.9 Å². The number of ether oxygens (including phenoxy) is 2. The van der Waals surface area contributed by atoms with Gasteiger partial charge in [0.15, 0.2) is 16.7 Å². The van der Waals surface area contributed by atoms with Crippen molar-refractivity contribution in [2.24, 2.45) is 0 Å². The van der Waals surface area contributed by atoms with Crippen molar-refractivity contribution in [2.45, 2.75) is 18.2 Å². The van der Waals surface area contributed by atoms with Gasteiger partial charge in [-0.1, -0.05) is 17.8 Å². The fraction of sp³-hybridized carbons (Fsp3) is 0.250. The second kappa shape index (κ2) is 7.86. The minimum Gasteiger partial charge on any atom is -0.454 e. The Morgan fingerprint density at radius 1 is 1.10 bits per heavy atom. The molecule has 0 spiro atoms. The van der Waals surface area contributed by atoms with E-state index in [0.717, 1.165) is 23.5 Å². The highest BCUT2D eigenvalue weighted by atomic mass is 32.2. The third-order valence-corrected chi connectivity index (χ3v) is 5.85. The molecule has 10 heteroatoms. The predicted octanol–water partition coefficient (Wildman–Crippen LogP) is 2.71. The zero-order valence-electron chi connectivity index (χ0n) is 15.9. The fourth-order valence-electron chi connectivity index (χ4n) is 3.38. The minimum absolute atomic E-state index is 0.0941. The number of halogens is 1. The highest BCUT2D eigenvalue weighted by Crippen LogP contribution is 2.33. The van der Waals surface area contributed by atoms with Crippen LogP contribution in [0.5, 0.6) is 11.5 Å². The number of hydrogen-bond donors (Lipinski definition) is 1. The monoisotopic (exact) mass is 427 g/mol. The van der Waals surface area contributed by atoms with Crippen molar-refractivity contribution in [1.82, 2.24) is 20.1 Å². The van der Waals surface area contributed by atoms with Gasteiger partial charge in [-0.2, -0.15) is 0 Å². The van der Waals surface area contributed by atoms with Crippen LogP contribution in [0, 0.1) is 5.82 Å². The number of nitrogens with one attached hydrogen (secondary N) is 1. The topological polar surface area (TPSA) is 81.5 Å². The Morgan fingerprint density at radius 3 is 2.80 bits per heavy atom. The second-order valence-electron chi connectivity index (χ2n) is 6.82. The number of amides is 1. The van der Waals surface area contributed by atoms with Crippen LogP contribution in [0.25, 0.3) is 0 Å². The van der Waals surface area contributed by atoms with Crippen LogP contribution in [0.1, 0.15) is 5.56 Å². The number of thioether (sulfide) groups is 1. The molecule has 0 saturated heterocycles. The SMILES string of the molecule is O=C(CSc1nnc2n1CCN2c1ccc(F)cc1)NCc1ccc2c(c1)OCO2. The summed E-state index contributed by atoms with van der Waals surface area (Å²) < 4.78 is 25.8. The third kappa shape index (κ3) is 3.65. The highest BCUT2D eigenvalue weighted by Gasteiger charge is 2.26. The molecule has 0 atom stereocenters. The van der Waals surface area contributed by atoms with Crippen LogP contribution < -0.4 is 19.7 Å². The first-order valence-electron chi connectivity index (χ1n) is 9.42. The maximum Gasteiger partial charge on any atom is 0.232 e. The number of anilines is 2. The molecule has 2 aliphatic rings. The summed E-state index contributed by atoms with van der Waals surface area (Å²) in [6, 6.07) is 11.9. The molecule has 0 unspecified atom stereocenters. The molecule has 5 rings (SSSR count). The number of hydrogen-bond acceptors (Lipinski definition) is 7. The summed E-state index contributed by atoms with van der Waals surface area (Å²) >= 11 is 1.34. The molecule has 2 aliphatic heterocycles. The quantitative estimate of drug-likeness (QED) is 0.606. The smallest absolute Gasteiger partial charge is 0.232 e. The average molecular weight is 427 g/mol. The number of nitrogens with zero attached hydrogens (tertiary/aromatic N) is 4. The zero-order chi connectivity index (χ0) is 20.5. The van der Waals surface area contributed by atoms with Crippen molar-refractivity contribution in [2.75, 3.05) is 24.0 Å². The van der Waals surface area contributed by atoms with E-state index in [1.54, 1.807) is 12.1 Å².